The molecular formula is C9H10N4. The van der Waals surface area contributed by atoms with Gasteiger partial charge in [-0.15, -0.1) is 10.2 Å². The van der Waals surface area contributed by atoms with Gasteiger partial charge in [0.15, 0.2) is 0 Å². The number of tetrazole rings is 1. The molecule has 0 aliphatic heterocycles. The van der Waals surface area contributed by atoms with E-state index in [2.05, 4.69) is 39.7 Å². The van der Waals surface area contributed by atoms with Crippen LogP contribution in [0.3, 0.4) is 0 Å². The summed E-state index contributed by atoms with van der Waals surface area (Å²) in [5.74, 6) is 1.09. The Morgan fingerprint density at radius 2 is 2.31 bits per heavy atom. The number of rotatable bonds is 1. The van der Waals surface area contributed by atoms with Crippen LogP contribution in [0.2, 0.25) is 0 Å². The molecule has 1 aliphatic rings. The van der Waals surface area contributed by atoms with E-state index in [0.29, 0.717) is 11.7 Å². The molecule has 0 fully saturated rings. The molecule has 0 radical (unpaired) electrons. The summed E-state index contributed by atoms with van der Waals surface area (Å²) in [6, 6.07) is 0. The molecule has 1 aromatic rings. The molecule has 0 aromatic carbocycles. The Kier molecular flexibility index (Phi) is 2.04. The van der Waals surface area contributed by atoms with Gasteiger partial charge in [-0.2, -0.15) is 5.21 Å². The van der Waals surface area contributed by atoms with Crippen LogP contribution in [0, 0.1) is 5.92 Å². The predicted octanol–water partition coefficient (Wildman–Crippen LogP) is 1.35. The van der Waals surface area contributed by atoms with Gasteiger partial charge in [-0.25, -0.2) is 0 Å². The van der Waals surface area contributed by atoms with E-state index in [0.717, 1.165) is 5.57 Å². The Hall–Kier alpha value is -1.71. The number of hydrogen-bond acceptors (Lipinski definition) is 3. The Labute approximate surface area is 76.0 Å². The monoisotopic (exact) mass is 174 g/mol. The number of aromatic amines is 1. The van der Waals surface area contributed by atoms with Gasteiger partial charge in [-0.3, -0.25) is 0 Å². The number of allylic oxidation sites excluding steroid dienone is 6. The van der Waals surface area contributed by atoms with Crippen molar-refractivity contribution in [2.24, 2.45) is 5.92 Å². The van der Waals surface area contributed by atoms with Gasteiger partial charge in [0, 0.05) is 5.57 Å². The van der Waals surface area contributed by atoms with Crippen molar-refractivity contribution in [3.8, 4) is 0 Å². The highest BCUT2D eigenvalue weighted by molar-refractivity contribution is 5.71. The Morgan fingerprint density at radius 1 is 1.38 bits per heavy atom. The fourth-order valence-electron chi connectivity index (χ4n) is 1.14. The molecule has 0 amide bonds. The average molecular weight is 174 g/mol. The Morgan fingerprint density at radius 3 is 3.08 bits per heavy atom. The van der Waals surface area contributed by atoms with E-state index in [4.69, 9.17) is 0 Å². The molecule has 1 atom stereocenters. The molecular weight excluding hydrogens is 164 g/mol. The molecule has 13 heavy (non-hydrogen) atoms. The van der Waals surface area contributed by atoms with Crippen molar-refractivity contribution in [1.82, 2.24) is 20.6 Å². The first-order chi connectivity index (χ1) is 6.36. The summed E-state index contributed by atoms with van der Waals surface area (Å²) < 4.78 is 0. The minimum absolute atomic E-state index is 0.459. The molecule has 1 N–H and O–H groups in total. The van der Waals surface area contributed by atoms with Crippen LogP contribution in [0.4, 0.5) is 0 Å². The van der Waals surface area contributed by atoms with Crippen LogP contribution in [-0.4, -0.2) is 20.6 Å². The highest BCUT2D eigenvalue weighted by Crippen LogP contribution is 2.15. The summed E-state index contributed by atoms with van der Waals surface area (Å²) >= 11 is 0. The standard InChI is InChI=1S/C9H10N4/c1-7-3-2-4-8(6-5-7)9-10-12-13-11-9/h2-7H,1H3,(H,10,11,12,13). The molecule has 1 unspecified atom stereocenters. The van der Waals surface area contributed by atoms with E-state index in [1.54, 1.807) is 0 Å². The Bertz CT molecular complexity index is 359. The van der Waals surface area contributed by atoms with Crippen LogP contribution in [0.1, 0.15) is 12.7 Å². The fraction of sp³-hybridized carbons (Fsp3) is 0.222. The van der Waals surface area contributed by atoms with Crippen LogP contribution in [0.5, 0.6) is 0 Å². The molecule has 0 saturated carbocycles. The van der Waals surface area contributed by atoms with Gasteiger partial charge in [-0.05, 0) is 11.1 Å². The molecule has 4 nitrogen and oxygen atoms in total. The summed E-state index contributed by atoms with van der Waals surface area (Å²) in [5.41, 5.74) is 0.981. The first-order valence-electron chi connectivity index (χ1n) is 4.17. The van der Waals surface area contributed by atoms with Crippen LogP contribution in [-0.2, 0) is 0 Å². The molecule has 1 aliphatic carbocycles. The first-order valence-corrected chi connectivity index (χ1v) is 4.17. The first kappa shape index (κ1) is 7.91. The maximum Gasteiger partial charge on any atom is 0.204 e. The summed E-state index contributed by atoms with van der Waals surface area (Å²) in [7, 11) is 0. The number of H-pyrrole nitrogens is 1. The highest BCUT2D eigenvalue weighted by Gasteiger charge is 2.04. The Balaban J connectivity index is 2.31. The summed E-state index contributed by atoms with van der Waals surface area (Å²) in [4.78, 5) is 0. The second kappa shape index (κ2) is 3.35. The van der Waals surface area contributed by atoms with E-state index in [-0.39, 0.29) is 0 Å². The molecule has 0 spiro atoms. The second-order valence-corrected chi connectivity index (χ2v) is 2.96. The number of hydrogen-bond donors (Lipinski definition) is 1. The summed E-state index contributed by atoms with van der Waals surface area (Å²) in [5, 5.41) is 13.8. The summed E-state index contributed by atoms with van der Waals surface area (Å²) in [6.45, 7) is 2.13. The second-order valence-electron chi connectivity index (χ2n) is 2.96. The van der Waals surface area contributed by atoms with Crippen molar-refractivity contribution in [3.05, 3.63) is 36.2 Å². The van der Waals surface area contributed by atoms with E-state index in [9.17, 15) is 0 Å². The lowest BCUT2D eigenvalue weighted by Crippen LogP contribution is -1.84. The van der Waals surface area contributed by atoms with Crippen molar-refractivity contribution in [2.75, 3.05) is 0 Å². The maximum atomic E-state index is 3.91. The van der Waals surface area contributed by atoms with Gasteiger partial charge in [0.2, 0.25) is 5.82 Å². The largest absolute Gasteiger partial charge is 0.204 e. The number of nitrogens with one attached hydrogen (secondary N) is 1. The zero-order valence-electron chi connectivity index (χ0n) is 7.31. The maximum absolute atomic E-state index is 3.91. The average Bonchev–Trinajstić information content (AvgIpc) is 2.56. The van der Waals surface area contributed by atoms with E-state index < -0.39 is 0 Å². The highest BCUT2D eigenvalue weighted by atomic mass is 15.5. The zero-order valence-corrected chi connectivity index (χ0v) is 7.31. The van der Waals surface area contributed by atoms with Gasteiger partial charge in [-0.1, -0.05) is 37.3 Å². The smallest absolute Gasteiger partial charge is 0.177 e. The van der Waals surface area contributed by atoms with Crippen LogP contribution >= 0.6 is 0 Å². The lowest BCUT2D eigenvalue weighted by atomic mass is 10.1. The topological polar surface area (TPSA) is 54.5 Å². The normalized spacial score (nSPS) is 21.3. The van der Waals surface area contributed by atoms with E-state index in [1.807, 2.05) is 18.2 Å². The minimum atomic E-state index is 0.459. The van der Waals surface area contributed by atoms with Gasteiger partial charge in [0.1, 0.15) is 0 Å². The predicted molar refractivity (Wildman–Crippen MR) is 49.6 cm³/mol. The molecule has 1 aromatic heterocycles. The quantitative estimate of drug-likeness (QED) is 0.699. The third-order valence-electron chi connectivity index (χ3n) is 1.87. The number of aromatic nitrogens is 4. The van der Waals surface area contributed by atoms with Gasteiger partial charge >= 0.3 is 0 Å². The van der Waals surface area contributed by atoms with Crippen molar-refractivity contribution < 1.29 is 0 Å². The molecule has 66 valence electrons. The van der Waals surface area contributed by atoms with Crippen LogP contribution < -0.4 is 0 Å². The molecule has 2 rings (SSSR count). The molecule has 4 heteroatoms. The fourth-order valence-corrected chi connectivity index (χ4v) is 1.14. The third-order valence-corrected chi connectivity index (χ3v) is 1.87. The molecule has 1 heterocycles. The molecule has 0 saturated heterocycles. The van der Waals surface area contributed by atoms with Crippen LogP contribution in [0.25, 0.3) is 5.57 Å². The van der Waals surface area contributed by atoms with Gasteiger partial charge < -0.3 is 0 Å². The SMILES string of the molecule is CC1C=CC=C(c2nn[nH]n2)C=C1. The van der Waals surface area contributed by atoms with Crippen LogP contribution in [0.15, 0.2) is 30.4 Å². The van der Waals surface area contributed by atoms with E-state index >= 15 is 0 Å². The van der Waals surface area contributed by atoms with E-state index in [1.165, 1.54) is 0 Å². The summed E-state index contributed by atoms with van der Waals surface area (Å²) in [6.07, 6.45) is 10.2. The number of nitrogens with zero attached hydrogens (tertiary/aromatic N) is 3. The van der Waals surface area contributed by atoms with Crippen molar-refractivity contribution in [1.29, 1.82) is 0 Å². The molecule has 0 bridgehead atoms. The zero-order chi connectivity index (χ0) is 9.10. The lowest BCUT2D eigenvalue weighted by molar-refractivity contribution is 0.881. The third kappa shape index (κ3) is 1.72. The van der Waals surface area contributed by atoms with Gasteiger partial charge in [0.25, 0.3) is 0 Å². The van der Waals surface area contributed by atoms with Gasteiger partial charge in [0.05, 0.1) is 0 Å². The minimum Gasteiger partial charge on any atom is -0.177 e. The lowest BCUT2D eigenvalue weighted by Gasteiger charge is -1.93. The van der Waals surface area contributed by atoms with Crippen molar-refractivity contribution in [3.63, 3.8) is 0 Å². The van der Waals surface area contributed by atoms with Crippen molar-refractivity contribution >= 4 is 5.57 Å². The van der Waals surface area contributed by atoms with Crippen molar-refractivity contribution in [2.45, 2.75) is 6.92 Å².